The fourth-order valence-electron chi connectivity index (χ4n) is 2.33. The third kappa shape index (κ3) is 3.96. The van der Waals surface area contributed by atoms with Crippen molar-refractivity contribution < 1.29 is 4.79 Å². The molecule has 2 nitrogen and oxygen atoms in total. The Labute approximate surface area is 122 Å². The Bertz CT molecular complexity index is 492. The fraction of sp³-hybridized carbons (Fsp3) is 0.500. The maximum atomic E-state index is 12.4. The first-order valence-corrected chi connectivity index (χ1v) is 7.41. The van der Waals surface area contributed by atoms with E-state index in [0.717, 1.165) is 12.8 Å². The van der Waals surface area contributed by atoms with Gasteiger partial charge in [0.15, 0.2) is 0 Å². The van der Waals surface area contributed by atoms with Crippen LogP contribution < -0.4 is 0 Å². The third-order valence-corrected chi connectivity index (χ3v) is 3.62. The number of carbonyl (C=O) groups excluding carboxylic acids is 1. The van der Waals surface area contributed by atoms with Gasteiger partial charge in [-0.15, -0.1) is 0 Å². The number of nitrogens with zero attached hydrogens (tertiary/aromatic N) is 1. The average Bonchev–Trinajstić information content (AvgIpc) is 3.19. The van der Waals surface area contributed by atoms with Gasteiger partial charge in [-0.25, -0.2) is 0 Å². The van der Waals surface area contributed by atoms with Gasteiger partial charge in [0.05, 0.1) is 0 Å². The minimum absolute atomic E-state index is 0.120. The second kappa shape index (κ2) is 5.82. The van der Waals surface area contributed by atoms with Crippen molar-refractivity contribution in [2.75, 3.05) is 6.54 Å². The molecule has 0 bridgehead atoms. The van der Waals surface area contributed by atoms with E-state index in [2.05, 4.69) is 45.9 Å². The Morgan fingerprint density at radius 3 is 2.35 bits per heavy atom. The molecule has 1 amide bonds. The molecule has 0 unspecified atom stereocenters. The summed E-state index contributed by atoms with van der Waals surface area (Å²) in [5, 5.41) is 0. The molecule has 1 fully saturated rings. The van der Waals surface area contributed by atoms with Crippen molar-refractivity contribution in [3.8, 4) is 0 Å². The lowest BCUT2D eigenvalue weighted by molar-refractivity contribution is -0.136. The smallest absolute Gasteiger partial charge is 0.226 e. The number of hydrogen-bond donors (Lipinski definition) is 0. The number of hydrogen-bond acceptors (Lipinski definition) is 1. The Kier molecular flexibility index (Phi) is 4.32. The summed E-state index contributed by atoms with van der Waals surface area (Å²) < 4.78 is 0. The number of benzene rings is 1. The van der Waals surface area contributed by atoms with Crippen LogP contribution in [0.1, 0.15) is 46.1 Å². The predicted octanol–water partition coefficient (Wildman–Crippen LogP) is 4.13. The molecule has 1 aromatic carbocycles. The summed E-state index contributed by atoms with van der Waals surface area (Å²) in [5.74, 6) is 0.595. The maximum Gasteiger partial charge on any atom is 0.226 e. The first kappa shape index (κ1) is 14.8. The molecule has 0 heterocycles. The van der Waals surface area contributed by atoms with Gasteiger partial charge in [0, 0.05) is 18.0 Å². The quantitative estimate of drug-likeness (QED) is 0.806. The second-order valence-corrected chi connectivity index (χ2v) is 6.77. The highest BCUT2D eigenvalue weighted by Crippen LogP contribution is 2.33. The van der Waals surface area contributed by atoms with Crippen LogP contribution in [0.15, 0.2) is 35.9 Å². The fourth-order valence-corrected chi connectivity index (χ4v) is 2.33. The van der Waals surface area contributed by atoms with E-state index in [1.165, 1.54) is 11.1 Å². The molecular formula is C18H25NO. The largest absolute Gasteiger partial charge is 0.334 e. The van der Waals surface area contributed by atoms with Gasteiger partial charge in [-0.3, -0.25) is 4.79 Å². The standard InChI is InChI=1S/C18H25NO/c1-14(12-15-8-6-5-7-9-15)13-19(18(2,3)4)17(20)16-10-11-16/h5-9,12,16H,10-11,13H2,1-4H3/b14-12+. The first-order chi connectivity index (χ1) is 9.38. The van der Waals surface area contributed by atoms with Crippen molar-refractivity contribution in [1.29, 1.82) is 0 Å². The molecule has 2 rings (SSSR count). The second-order valence-electron chi connectivity index (χ2n) is 6.77. The lowest BCUT2D eigenvalue weighted by atomic mass is 10.0. The van der Waals surface area contributed by atoms with Crippen LogP contribution in [0.4, 0.5) is 0 Å². The van der Waals surface area contributed by atoms with E-state index < -0.39 is 0 Å². The molecular weight excluding hydrogens is 246 g/mol. The first-order valence-electron chi connectivity index (χ1n) is 7.41. The molecule has 0 radical (unpaired) electrons. The summed E-state index contributed by atoms with van der Waals surface area (Å²) in [7, 11) is 0. The molecule has 0 saturated heterocycles. The summed E-state index contributed by atoms with van der Waals surface area (Å²) in [5.41, 5.74) is 2.30. The maximum absolute atomic E-state index is 12.4. The van der Waals surface area contributed by atoms with E-state index in [1.807, 2.05) is 23.1 Å². The molecule has 2 heteroatoms. The lowest BCUT2D eigenvalue weighted by Crippen LogP contribution is -2.47. The molecule has 1 saturated carbocycles. The number of rotatable bonds is 4. The van der Waals surface area contributed by atoms with Crippen LogP contribution in [0.3, 0.4) is 0 Å². The normalized spacial score (nSPS) is 16.1. The van der Waals surface area contributed by atoms with E-state index >= 15 is 0 Å². The Morgan fingerprint density at radius 1 is 1.25 bits per heavy atom. The predicted molar refractivity (Wildman–Crippen MR) is 84.3 cm³/mol. The number of carbonyl (C=O) groups is 1. The van der Waals surface area contributed by atoms with E-state index in [9.17, 15) is 4.79 Å². The molecule has 108 valence electrons. The zero-order valence-corrected chi connectivity index (χ0v) is 13.0. The van der Waals surface area contributed by atoms with Gasteiger partial charge in [0.25, 0.3) is 0 Å². The summed E-state index contributed by atoms with van der Waals surface area (Å²) in [6.07, 6.45) is 4.29. The Balaban J connectivity index is 2.11. The zero-order valence-electron chi connectivity index (χ0n) is 13.0. The van der Waals surface area contributed by atoms with Gasteiger partial charge < -0.3 is 4.90 Å². The molecule has 20 heavy (non-hydrogen) atoms. The average molecular weight is 271 g/mol. The van der Waals surface area contributed by atoms with E-state index in [0.29, 0.717) is 12.5 Å². The minimum atomic E-state index is -0.120. The number of amides is 1. The summed E-state index contributed by atoms with van der Waals surface area (Å²) in [6.45, 7) is 9.16. The van der Waals surface area contributed by atoms with Gasteiger partial charge >= 0.3 is 0 Å². The Morgan fingerprint density at radius 2 is 1.85 bits per heavy atom. The topological polar surface area (TPSA) is 20.3 Å². The monoisotopic (exact) mass is 271 g/mol. The van der Waals surface area contributed by atoms with Crippen LogP contribution in [0.5, 0.6) is 0 Å². The van der Waals surface area contributed by atoms with Crippen molar-refractivity contribution in [2.24, 2.45) is 5.92 Å². The molecule has 1 aliphatic rings. The van der Waals surface area contributed by atoms with E-state index in [-0.39, 0.29) is 11.5 Å². The molecule has 0 aliphatic heterocycles. The highest BCUT2D eigenvalue weighted by molar-refractivity contribution is 5.82. The van der Waals surface area contributed by atoms with E-state index in [4.69, 9.17) is 0 Å². The zero-order chi connectivity index (χ0) is 14.8. The molecule has 0 aromatic heterocycles. The molecule has 0 N–H and O–H groups in total. The van der Waals surface area contributed by atoms with Gasteiger partial charge in [0.2, 0.25) is 5.91 Å². The van der Waals surface area contributed by atoms with Crippen LogP contribution in [-0.4, -0.2) is 22.9 Å². The Hall–Kier alpha value is -1.57. The van der Waals surface area contributed by atoms with Gasteiger partial charge in [0.1, 0.15) is 0 Å². The van der Waals surface area contributed by atoms with Crippen molar-refractivity contribution in [3.05, 3.63) is 41.5 Å². The highest BCUT2D eigenvalue weighted by Gasteiger charge is 2.37. The van der Waals surface area contributed by atoms with Crippen LogP contribution in [-0.2, 0) is 4.79 Å². The van der Waals surface area contributed by atoms with Gasteiger partial charge in [-0.05, 0) is 46.1 Å². The SMILES string of the molecule is C/C(=C\c1ccccc1)CN(C(=O)C1CC1)C(C)(C)C. The van der Waals surface area contributed by atoms with Crippen LogP contribution >= 0.6 is 0 Å². The molecule has 0 atom stereocenters. The van der Waals surface area contributed by atoms with Crippen molar-refractivity contribution >= 4 is 12.0 Å². The molecule has 0 spiro atoms. The van der Waals surface area contributed by atoms with Crippen LogP contribution in [0.25, 0.3) is 6.08 Å². The van der Waals surface area contributed by atoms with E-state index in [1.54, 1.807) is 0 Å². The minimum Gasteiger partial charge on any atom is -0.334 e. The lowest BCUT2D eigenvalue weighted by Gasteiger charge is -2.36. The molecule has 1 aliphatic carbocycles. The van der Waals surface area contributed by atoms with Crippen molar-refractivity contribution in [1.82, 2.24) is 4.90 Å². The summed E-state index contributed by atoms with van der Waals surface area (Å²) in [4.78, 5) is 14.5. The van der Waals surface area contributed by atoms with Gasteiger partial charge in [-0.2, -0.15) is 0 Å². The summed E-state index contributed by atoms with van der Waals surface area (Å²) >= 11 is 0. The third-order valence-electron chi connectivity index (χ3n) is 3.62. The highest BCUT2D eigenvalue weighted by atomic mass is 16.2. The van der Waals surface area contributed by atoms with Crippen LogP contribution in [0, 0.1) is 5.92 Å². The summed E-state index contributed by atoms with van der Waals surface area (Å²) in [6, 6.07) is 10.3. The van der Waals surface area contributed by atoms with Crippen LogP contribution in [0.2, 0.25) is 0 Å². The van der Waals surface area contributed by atoms with Crippen molar-refractivity contribution in [2.45, 2.75) is 46.1 Å². The van der Waals surface area contributed by atoms with Crippen molar-refractivity contribution in [3.63, 3.8) is 0 Å². The molecule has 1 aromatic rings. The van der Waals surface area contributed by atoms with Gasteiger partial charge in [-0.1, -0.05) is 42.0 Å².